The standard InChI is InChI=1S/C9H18O2Se/c1-3-5-7-12-8-6-9(10)11-4-2/h3-8H2,1-2H3. The summed E-state index contributed by atoms with van der Waals surface area (Å²) < 4.78 is 4.82. The van der Waals surface area contributed by atoms with Gasteiger partial charge in [0.25, 0.3) is 0 Å². The second kappa shape index (κ2) is 9.08. The minimum absolute atomic E-state index is 0.0316. The van der Waals surface area contributed by atoms with Gasteiger partial charge < -0.3 is 0 Å². The molecule has 3 heteroatoms. The fourth-order valence-corrected chi connectivity index (χ4v) is 2.85. The van der Waals surface area contributed by atoms with Crippen molar-refractivity contribution in [3.63, 3.8) is 0 Å². The summed E-state index contributed by atoms with van der Waals surface area (Å²) in [6.07, 6.45) is 3.20. The number of carbonyl (C=O) groups excluding carboxylic acids is 1. The van der Waals surface area contributed by atoms with E-state index < -0.39 is 0 Å². The van der Waals surface area contributed by atoms with Crippen molar-refractivity contribution in [3.8, 4) is 0 Å². The van der Waals surface area contributed by atoms with E-state index in [1.165, 1.54) is 18.2 Å². The van der Waals surface area contributed by atoms with Gasteiger partial charge in [-0.2, -0.15) is 0 Å². The first-order chi connectivity index (χ1) is 5.81. The zero-order valence-electron chi connectivity index (χ0n) is 7.97. The van der Waals surface area contributed by atoms with Crippen molar-refractivity contribution in [1.29, 1.82) is 0 Å². The third-order valence-corrected chi connectivity index (χ3v) is 3.64. The van der Waals surface area contributed by atoms with Crippen LogP contribution in [0.2, 0.25) is 10.6 Å². The molecule has 72 valence electrons. The summed E-state index contributed by atoms with van der Waals surface area (Å²) in [4.78, 5) is 10.9. The van der Waals surface area contributed by atoms with Gasteiger partial charge in [0.05, 0.1) is 0 Å². The van der Waals surface area contributed by atoms with Gasteiger partial charge in [-0.3, -0.25) is 0 Å². The van der Waals surface area contributed by atoms with Gasteiger partial charge in [-0.05, 0) is 0 Å². The maximum atomic E-state index is 10.9. The van der Waals surface area contributed by atoms with Crippen LogP contribution < -0.4 is 0 Å². The van der Waals surface area contributed by atoms with Gasteiger partial charge in [-0.25, -0.2) is 0 Å². The summed E-state index contributed by atoms with van der Waals surface area (Å²) in [5, 5.41) is 2.36. The molecule has 0 unspecified atom stereocenters. The Balaban J connectivity index is 3.03. The maximum absolute atomic E-state index is 10.9. The molecule has 0 aliphatic heterocycles. The van der Waals surface area contributed by atoms with E-state index in [4.69, 9.17) is 4.74 Å². The van der Waals surface area contributed by atoms with Gasteiger partial charge >= 0.3 is 80.8 Å². The van der Waals surface area contributed by atoms with Crippen LogP contribution in [0, 0.1) is 0 Å². The van der Waals surface area contributed by atoms with Gasteiger partial charge in [0.2, 0.25) is 0 Å². The first-order valence-corrected chi connectivity index (χ1v) is 6.96. The predicted molar refractivity (Wildman–Crippen MR) is 51.5 cm³/mol. The van der Waals surface area contributed by atoms with E-state index in [1.807, 2.05) is 6.92 Å². The number of esters is 1. The van der Waals surface area contributed by atoms with Crippen molar-refractivity contribution in [2.75, 3.05) is 6.61 Å². The fourth-order valence-electron chi connectivity index (χ4n) is 0.737. The third-order valence-electron chi connectivity index (χ3n) is 1.40. The van der Waals surface area contributed by atoms with Crippen LogP contribution >= 0.6 is 0 Å². The molecule has 12 heavy (non-hydrogen) atoms. The molecule has 0 saturated heterocycles. The molecule has 0 atom stereocenters. The first-order valence-electron chi connectivity index (χ1n) is 4.54. The van der Waals surface area contributed by atoms with Crippen molar-refractivity contribution in [2.45, 2.75) is 43.7 Å². The average molecular weight is 237 g/mol. The van der Waals surface area contributed by atoms with Crippen molar-refractivity contribution < 1.29 is 9.53 Å². The van der Waals surface area contributed by atoms with E-state index in [0.717, 1.165) is 5.32 Å². The van der Waals surface area contributed by atoms with E-state index in [2.05, 4.69) is 6.92 Å². The number of ether oxygens (including phenoxy) is 1. The second-order valence-electron chi connectivity index (χ2n) is 2.52. The molecule has 0 fully saturated rings. The van der Waals surface area contributed by atoms with Crippen molar-refractivity contribution in [2.24, 2.45) is 0 Å². The number of hydrogen-bond donors (Lipinski definition) is 0. The Bertz CT molecular complexity index is 115. The summed E-state index contributed by atoms with van der Waals surface area (Å²) in [6.45, 7) is 4.56. The van der Waals surface area contributed by atoms with E-state index in [0.29, 0.717) is 28.0 Å². The summed E-state index contributed by atoms with van der Waals surface area (Å²) >= 11 is 0.656. The van der Waals surface area contributed by atoms with Crippen LogP contribution in [0.15, 0.2) is 0 Å². The summed E-state index contributed by atoms with van der Waals surface area (Å²) in [7, 11) is 0. The molecule has 0 heterocycles. The number of carbonyl (C=O) groups is 1. The van der Waals surface area contributed by atoms with E-state index in [-0.39, 0.29) is 5.97 Å². The van der Waals surface area contributed by atoms with E-state index in [1.54, 1.807) is 0 Å². The fraction of sp³-hybridized carbons (Fsp3) is 0.889. The van der Waals surface area contributed by atoms with Gasteiger partial charge in [-0.1, -0.05) is 0 Å². The van der Waals surface area contributed by atoms with Crippen LogP contribution in [-0.4, -0.2) is 27.5 Å². The molecule has 0 N–H and O–H groups in total. The molecule has 0 aliphatic rings. The molecule has 2 nitrogen and oxygen atoms in total. The zero-order valence-corrected chi connectivity index (χ0v) is 9.68. The number of hydrogen-bond acceptors (Lipinski definition) is 2. The minimum atomic E-state index is -0.0316. The molecule has 0 amide bonds. The van der Waals surface area contributed by atoms with Crippen molar-refractivity contribution in [3.05, 3.63) is 0 Å². The number of unbranched alkanes of at least 4 members (excludes halogenated alkanes) is 1. The SMILES string of the molecule is CCCC[Se]CCC(=O)OCC. The van der Waals surface area contributed by atoms with Crippen LogP contribution in [0.3, 0.4) is 0 Å². The molecule has 0 rings (SSSR count). The molecule has 0 aromatic carbocycles. The summed E-state index contributed by atoms with van der Waals surface area (Å²) in [6, 6.07) is 0. The molecule has 0 saturated carbocycles. The molecule has 0 aromatic heterocycles. The first kappa shape index (κ1) is 12.0. The van der Waals surface area contributed by atoms with Crippen molar-refractivity contribution in [1.82, 2.24) is 0 Å². The monoisotopic (exact) mass is 238 g/mol. The Hall–Kier alpha value is -0.0105. The molecular weight excluding hydrogens is 219 g/mol. The summed E-state index contributed by atoms with van der Waals surface area (Å²) in [5.74, 6) is -0.0316. The topological polar surface area (TPSA) is 26.3 Å². The van der Waals surface area contributed by atoms with E-state index >= 15 is 0 Å². The van der Waals surface area contributed by atoms with Crippen LogP contribution in [0.25, 0.3) is 0 Å². The molecule has 0 aromatic rings. The number of rotatable bonds is 7. The second-order valence-corrected chi connectivity index (χ2v) is 5.09. The van der Waals surface area contributed by atoms with Gasteiger partial charge in [0.15, 0.2) is 0 Å². The van der Waals surface area contributed by atoms with Crippen LogP contribution in [0.5, 0.6) is 0 Å². The predicted octanol–water partition coefficient (Wildman–Crippen LogP) is 2.28. The average Bonchev–Trinajstić information content (AvgIpc) is 2.05. The normalized spacial score (nSPS) is 9.83. The summed E-state index contributed by atoms with van der Waals surface area (Å²) in [5.41, 5.74) is 0. The van der Waals surface area contributed by atoms with Gasteiger partial charge in [0, 0.05) is 0 Å². The van der Waals surface area contributed by atoms with Gasteiger partial charge in [0.1, 0.15) is 0 Å². The van der Waals surface area contributed by atoms with Gasteiger partial charge in [-0.15, -0.1) is 0 Å². The van der Waals surface area contributed by atoms with Crippen LogP contribution in [0.4, 0.5) is 0 Å². The van der Waals surface area contributed by atoms with E-state index in [9.17, 15) is 4.79 Å². The third kappa shape index (κ3) is 8.09. The van der Waals surface area contributed by atoms with Crippen molar-refractivity contribution >= 4 is 20.9 Å². The Labute approximate surface area is 81.2 Å². The Morgan fingerprint density at radius 1 is 1.33 bits per heavy atom. The van der Waals surface area contributed by atoms with Crippen LogP contribution in [-0.2, 0) is 9.53 Å². The molecule has 0 spiro atoms. The Kier molecular flexibility index (Phi) is 9.07. The Morgan fingerprint density at radius 3 is 2.67 bits per heavy atom. The zero-order chi connectivity index (χ0) is 9.23. The molecule has 0 bridgehead atoms. The quantitative estimate of drug-likeness (QED) is 0.386. The molecular formula is C9H18O2Se. The Morgan fingerprint density at radius 2 is 2.08 bits per heavy atom. The molecule has 0 radical (unpaired) electrons. The molecule has 0 aliphatic carbocycles. The van der Waals surface area contributed by atoms with Crippen LogP contribution in [0.1, 0.15) is 33.1 Å².